The molecule has 0 aliphatic carbocycles. The van der Waals surface area contributed by atoms with Crippen molar-refractivity contribution in [1.29, 1.82) is 0 Å². The Bertz CT molecular complexity index is 809. The van der Waals surface area contributed by atoms with Crippen LogP contribution in [-0.2, 0) is 14.3 Å². The number of amides is 2. The van der Waals surface area contributed by atoms with Crippen LogP contribution in [-0.4, -0.2) is 24.4 Å². The van der Waals surface area contributed by atoms with E-state index in [4.69, 9.17) is 4.74 Å². The molecule has 0 unspecified atom stereocenters. The van der Waals surface area contributed by atoms with Gasteiger partial charge < -0.3 is 15.4 Å². The van der Waals surface area contributed by atoms with E-state index in [1.54, 1.807) is 19.1 Å². The van der Waals surface area contributed by atoms with Crippen molar-refractivity contribution >= 4 is 39.8 Å². The van der Waals surface area contributed by atoms with Crippen molar-refractivity contribution in [3.05, 3.63) is 45.8 Å². The molecule has 0 radical (unpaired) electrons. The summed E-state index contributed by atoms with van der Waals surface area (Å²) in [5.74, 6) is -1.33. The number of hydrogen-bond acceptors (Lipinski definition) is 5. The number of hydrogen-bond donors (Lipinski definition) is 2. The summed E-state index contributed by atoms with van der Waals surface area (Å²) < 4.78 is 5.11. The number of rotatable bonds is 5. The molecule has 0 spiro atoms. The number of ether oxygens (including phenoxy) is 1. The number of nitrogens with one attached hydrogen (secondary N) is 2. The minimum Gasteiger partial charge on any atom is -0.452 e. The van der Waals surface area contributed by atoms with Crippen LogP contribution in [0.3, 0.4) is 0 Å². The number of benzene rings is 1. The van der Waals surface area contributed by atoms with Gasteiger partial charge in [-0.3, -0.25) is 9.59 Å². The molecular formula is C18H20N2O4S. The molecule has 0 atom stereocenters. The summed E-state index contributed by atoms with van der Waals surface area (Å²) in [7, 11) is 0. The standard InChI is InChI=1S/C18H20N2O4S/c1-10-5-7-14(8-6-10)20-15(22)9-24-18(23)16-11(2)12(3)25-17(16)19-13(4)21/h5-8H,9H2,1-4H3,(H,19,21)(H,20,22). The van der Waals surface area contributed by atoms with E-state index in [9.17, 15) is 14.4 Å². The maximum Gasteiger partial charge on any atom is 0.341 e. The number of esters is 1. The van der Waals surface area contributed by atoms with Crippen molar-refractivity contribution in [3.8, 4) is 0 Å². The second-order valence-corrected chi connectivity index (χ2v) is 6.88. The van der Waals surface area contributed by atoms with Crippen LogP contribution in [0.25, 0.3) is 0 Å². The Morgan fingerprint density at radius 3 is 2.28 bits per heavy atom. The summed E-state index contributed by atoms with van der Waals surface area (Å²) in [5, 5.41) is 5.72. The highest BCUT2D eigenvalue weighted by atomic mass is 32.1. The first-order valence-electron chi connectivity index (χ1n) is 7.69. The van der Waals surface area contributed by atoms with Crippen molar-refractivity contribution in [2.75, 3.05) is 17.2 Å². The van der Waals surface area contributed by atoms with Gasteiger partial charge in [0.2, 0.25) is 5.91 Å². The lowest BCUT2D eigenvalue weighted by Crippen LogP contribution is -2.21. The quantitative estimate of drug-likeness (QED) is 0.800. The summed E-state index contributed by atoms with van der Waals surface area (Å²) >= 11 is 1.30. The Morgan fingerprint density at radius 1 is 1.04 bits per heavy atom. The lowest BCUT2D eigenvalue weighted by Gasteiger charge is -2.08. The van der Waals surface area contributed by atoms with E-state index in [1.165, 1.54) is 18.3 Å². The van der Waals surface area contributed by atoms with Gasteiger partial charge in [-0.25, -0.2) is 4.79 Å². The molecule has 1 heterocycles. The van der Waals surface area contributed by atoms with Crippen LogP contribution in [0.15, 0.2) is 24.3 Å². The van der Waals surface area contributed by atoms with Crippen LogP contribution in [0.2, 0.25) is 0 Å². The average molecular weight is 360 g/mol. The smallest absolute Gasteiger partial charge is 0.341 e. The third-order valence-corrected chi connectivity index (χ3v) is 4.67. The van der Waals surface area contributed by atoms with E-state index in [0.717, 1.165) is 16.0 Å². The highest BCUT2D eigenvalue weighted by Crippen LogP contribution is 2.32. The maximum atomic E-state index is 12.3. The van der Waals surface area contributed by atoms with E-state index in [2.05, 4.69) is 10.6 Å². The molecule has 1 aromatic carbocycles. The van der Waals surface area contributed by atoms with Crippen LogP contribution in [0.1, 0.15) is 33.3 Å². The molecule has 0 aliphatic heterocycles. The summed E-state index contributed by atoms with van der Waals surface area (Å²) in [6, 6.07) is 7.30. The molecule has 0 bridgehead atoms. The van der Waals surface area contributed by atoms with Gasteiger partial charge >= 0.3 is 5.97 Å². The van der Waals surface area contributed by atoms with Gasteiger partial charge in [-0.15, -0.1) is 11.3 Å². The van der Waals surface area contributed by atoms with Crippen molar-refractivity contribution < 1.29 is 19.1 Å². The monoisotopic (exact) mass is 360 g/mol. The number of carbonyl (C=O) groups excluding carboxylic acids is 3. The molecule has 1 aromatic heterocycles. The fourth-order valence-corrected chi connectivity index (χ4v) is 3.25. The Morgan fingerprint density at radius 2 is 1.68 bits per heavy atom. The molecule has 2 N–H and O–H groups in total. The molecule has 6 nitrogen and oxygen atoms in total. The fraction of sp³-hybridized carbons (Fsp3) is 0.278. The van der Waals surface area contributed by atoms with Crippen LogP contribution in [0.4, 0.5) is 10.7 Å². The highest BCUT2D eigenvalue weighted by Gasteiger charge is 2.22. The molecule has 0 saturated carbocycles. The number of thiophene rings is 1. The second kappa shape index (κ2) is 7.94. The predicted octanol–water partition coefficient (Wildman–Crippen LogP) is 3.43. The zero-order valence-corrected chi connectivity index (χ0v) is 15.4. The zero-order chi connectivity index (χ0) is 18.6. The summed E-state index contributed by atoms with van der Waals surface area (Å²) in [6.07, 6.45) is 0. The Balaban J connectivity index is 2.01. The Labute approximate surface area is 150 Å². The zero-order valence-electron chi connectivity index (χ0n) is 14.6. The van der Waals surface area contributed by atoms with Gasteiger partial charge in [-0.2, -0.15) is 0 Å². The van der Waals surface area contributed by atoms with E-state index >= 15 is 0 Å². The average Bonchev–Trinajstić information content (AvgIpc) is 2.81. The lowest BCUT2D eigenvalue weighted by atomic mass is 10.1. The number of anilines is 2. The second-order valence-electron chi connectivity index (χ2n) is 5.66. The number of carbonyl (C=O) groups is 3. The van der Waals surface area contributed by atoms with Crippen molar-refractivity contribution in [1.82, 2.24) is 0 Å². The Hall–Kier alpha value is -2.67. The lowest BCUT2D eigenvalue weighted by molar-refractivity contribution is -0.119. The van der Waals surface area contributed by atoms with Crippen LogP contribution >= 0.6 is 11.3 Å². The van der Waals surface area contributed by atoms with Crippen molar-refractivity contribution in [2.45, 2.75) is 27.7 Å². The summed E-state index contributed by atoms with van der Waals surface area (Å²) in [6.45, 7) is 6.55. The van der Waals surface area contributed by atoms with Gasteiger partial charge in [-0.1, -0.05) is 17.7 Å². The molecule has 132 valence electrons. The van der Waals surface area contributed by atoms with Crippen molar-refractivity contribution in [2.24, 2.45) is 0 Å². The van der Waals surface area contributed by atoms with Gasteiger partial charge in [-0.05, 0) is 38.5 Å². The largest absolute Gasteiger partial charge is 0.452 e. The highest BCUT2D eigenvalue weighted by molar-refractivity contribution is 7.16. The molecule has 0 fully saturated rings. The third kappa shape index (κ3) is 4.90. The SMILES string of the molecule is CC(=O)Nc1sc(C)c(C)c1C(=O)OCC(=O)Nc1ccc(C)cc1. The number of aryl methyl sites for hydroxylation is 2. The molecule has 2 amide bonds. The fourth-order valence-electron chi connectivity index (χ4n) is 2.16. The van der Waals surface area contributed by atoms with Crippen LogP contribution in [0.5, 0.6) is 0 Å². The van der Waals surface area contributed by atoms with Crippen LogP contribution < -0.4 is 10.6 Å². The molecule has 25 heavy (non-hydrogen) atoms. The minimum absolute atomic E-state index is 0.271. The van der Waals surface area contributed by atoms with E-state index in [-0.39, 0.29) is 5.91 Å². The normalized spacial score (nSPS) is 10.2. The van der Waals surface area contributed by atoms with E-state index < -0.39 is 18.5 Å². The first-order chi connectivity index (χ1) is 11.8. The topological polar surface area (TPSA) is 84.5 Å². The maximum absolute atomic E-state index is 12.3. The van der Waals surface area contributed by atoms with Gasteiger partial charge in [0.1, 0.15) is 5.00 Å². The van der Waals surface area contributed by atoms with Gasteiger partial charge in [0, 0.05) is 17.5 Å². The molecule has 7 heteroatoms. The predicted molar refractivity (Wildman–Crippen MR) is 98.2 cm³/mol. The van der Waals surface area contributed by atoms with Gasteiger partial charge in [0.05, 0.1) is 5.56 Å². The minimum atomic E-state index is -0.635. The van der Waals surface area contributed by atoms with Gasteiger partial charge in [0.15, 0.2) is 6.61 Å². The summed E-state index contributed by atoms with van der Waals surface area (Å²) in [4.78, 5) is 36.5. The van der Waals surface area contributed by atoms with E-state index in [0.29, 0.717) is 16.3 Å². The molecule has 2 rings (SSSR count). The summed E-state index contributed by atoms with van der Waals surface area (Å²) in [5.41, 5.74) is 2.74. The molecule has 2 aromatic rings. The molecule has 0 aliphatic rings. The molecule has 0 saturated heterocycles. The van der Waals surface area contributed by atoms with Crippen molar-refractivity contribution in [3.63, 3.8) is 0 Å². The first-order valence-corrected chi connectivity index (χ1v) is 8.50. The Kier molecular flexibility index (Phi) is 5.93. The molecular weight excluding hydrogens is 340 g/mol. The van der Waals surface area contributed by atoms with Crippen LogP contribution in [0, 0.1) is 20.8 Å². The van der Waals surface area contributed by atoms with Gasteiger partial charge in [0.25, 0.3) is 5.91 Å². The third-order valence-electron chi connectivity index (χ3n) is 3.55. The van der Waals surface area contributed by atoms with E-state index in [1.807, 2.05) is 26.0 Å². The first kappa shape index (κ1) is 18.7.